The van der Waals surface area contributed by atoms with Crippen LogP contribution in [0.2, 0.25) is 0 Å². The number of ether oxygens (including phenoxy) is 2. The lowest BCUT2D eigenvalue weighted by Gasteiger charge is -2.34. The fraction of sp³-hybridized carbons (Fsp3) is 0.474. The smallest absolute Gasteiger partial charge is 0.263 e. The second-order valence-electron chi connectivity index (χ2n) is 6.78. The summed E-state index contributed by atoms with van der Waals surface area (Å²) in [4.78, 5) is 16.4. The van der Waals surface area contributed by atoms with Gasteiger partial charge in [-0.15, -0.1) is 0 Å². The van der Waals surface area contributed by atoms with Gasteiger partial charge in [0.15, 0.2) is 11.5 Å². The van der Waals surface area contributed by atoms with E-state index < -0.39 is 0 Å². The third kappa shape index (κ3) is 4.46. The van der Waals surface area contributed by atoms with Crippen LogP contribution in [0.5, 0.6) is 11.5 Å². The molecule has 0 spiro atoms. The largest absolute Gasteiger partial charge is 0.454 e. The molecule has 1 aromatic carbocycles. The highest BCUT2D eigenvalue weighted by Crippen LogP contribution is 2.32. The molecule has 0 bridgehead atoms. The second-order valence-corrected chi connectivity index (χ2v) is 6.78. The van der Waals surface area contributed by atoms with Crippen molar-refractivity contribution in [1.29, 1.82) is 5.26 Å². The Morgan fingerprint density at radius 2 is 2.00 bits per heavy atom. The molecule has 0 aliphatic carbocycles. The van der Waals surface area contributed by atoms with Crippen LogP contribution in [0.15, 0.2) is 30.0 Å². The summed E-state index contributed by atoms with van der Waals surface area (Å²) in [5.41, 5.74) is 1.34. The molecule has 1 aromatic rings. The van der Waals surface area contributed by atoms with E-state index in [1.54, 1.807) is 6.20 Å². The van der Waals surface area contributed by atoms with Gasteiger partial charge < -0.3 is 19.7 Å². The van der Waals surface area contributed by atoms with Gasteiger partial charge >= 0.3 is 0 Å². The molecule has 0 radical (unpaired) electrons. The van der Waals surface area contributed by atoms with Crippen molar-refractivity contribution in [3.05, 3.63) is 35.5 Å². The minimum Gasteiger partial charge on any atom is -0.454 e. The summed E-state index contributed by atoms with van der Waals surface area (Å²) >= 11 is 0. The first kappa shape index (κ1) is 18.1. The van der Waals surface area contributed by atoms with Crippen molar-refractivity contribution in [2.45, 2.75) is 26.4 Å². The van der Waals surface area contributed by atoms with Gasteiger partial charge in [0.05, 0.1) is 0 Å². The molecule has 1 amide bonds. The first-order chi connectivity index (χ1) is 12.5. The molecule has 2 aliphatic rings. The third-order valence-corrected chi connectivity index (χ3v) is 4.35. The zero-order valence-electron chi connectivity index (χ0n) is 15.2. The van der Waals surface area contributed by atoms with E-state index in [4.69, 9.17) is 9.47 Å². The molecule has 1 saturated heterocycles. The van der Waals surface area contributed by atoms with Gasteiger partial charge in [-0.05, 0) is 31.5 Å². The Morgan fingerprint density at radius 1 is 1.27 bits per heavy atom. The summed E-state index contributed by atoms with van der Waals surface area (Å²) in [5, 5.41) is 12.0. The number of piperazine rings is 1. The third-order valence-electron chi connectivity index (χ3n) is 4.35. The van der Waals surface area contributed by atoms with E-state index >= 15 is 0 Å². The highest BCUT2D eigenvalue weighted by atomic mass is 16.7. The van der Waals surface area contributed by atoms with Crippen LogP contribution in [0.4, 0.5) is 0 Å². The van der Waals surface area contributed by atoms with Gasteiger partial charge in [-0.25, -0.2) is 0 Å². The normalized spacial score (nSPS) is 17.3. The Kier molecular flexibility index (Phi) is 5.64. The van der Waals surface area contributed by atoms with Crippen LogP contribution in [0.3, 0.4) is 0 Å². The van der Waals surface area contributed by atoms with Crippen molar-refractivity contribution in [3.8, 4) is 17.6 Å². The average molecular weight is 356 g/mol. The number of fused-ring (bicyclic) bond motifs is 1. The molecule has 0 aromatic heterocycles. The number of nitriles is 1. The van der Waals surface area contributed by atoms with E-state index in [-0.39, 0.29) is 24.3 Å². The van der Waals surface area contributed by atoms with E-state index in [2.05, 4.69) is 16.3 Å². The minimum absolute atomic E-state index is 0.0118. The lowest BCUT2D eigenvalue weighted by atomic mass is 10.1. The monoisotopic (exact) mass is 356 g/mol. The summed E-state index contributed by atoms with van der Waals surface area (Å²) in [6.07, 6.45) is 1.68. The summed E-state index contributed by atoms with van der Waals surface area (Å²) in [5.74, 6) is 1.29. The van der Waals surface area contributed by atoms with E-state index in [1.807, 2.05) is 36.9 Å². The standard InChI is InChI=1S/C19H24N4O3/c1-14(2)21-19(24)16(10-20)12-23-7-5-22(6-8-23)11-15-3-4-17-18(9-15)26-13-25-17/h3-4,9,12,14H,5-8,11,13H2,1-2H3,(H,21,24)/b16-12-. The zero-order valence-corrected chi connectivity index (χ0v) is 15.2. The Morgan fingerprint density at radius 3 is 2.69 bits per heavy atom. The molecular formula is C19H24N4O3. The lowest BCUT2D eigenvalue weighted by molar-refractivity contribution is -0.117. The average Bonchev–Trinajstić information content (AvgIpc) is 3.08. The Labute approximate surface area is 153 Å². The maximum atomic E-state index is 12.0. The quantitative estimate of drug-likeness (QED) is 0.636. The molecule has 0 atom stereocenters. The van der Waals surface area contributed by atoms with Crippen molar-refractivity contribution >= 4 is 5.91 Å². The SMILES string of the molecule is CC(C)NC(=O)/C(C#N)=C\N1CCN(Cc2ccc3c(c2)OCO3)CC1. The molecule has 3 rings (SSSR count). The maximum Gasteiger partial charge on any atom is 0.263 e. The van der Waals surface area contributed by atoms with E-state index in [9.17, 15) is 10.1 Å². The van der Waals surface area contributed by atoms with Crippen LogP contribution in [0, 0.1) is 11.3 Å². The number of benzene rings is 1. The number of hydrogen-bond acceptors (Lipinski definition) is 6. The first-order valence-electron chi connectivity index (χ1n) is 8.83. The fourth-order valence-electron chi connectivity index (χ4n) is 3.01. The lowest BCUT2D eigenvalue weighted by Crippen LogP contribution is -2.44. The number of amides is 1. The molecule has 1 N–H and O–H groups in total. The van der Waals surface area contributed by atoms with Crippen molar-refractivity contribution in [3.63, 3.8) is 0 Å². The van der Waals surface area contributed by atoms with Gasteiger partial charge in [0.2, 0.25) is 6.79 Å². The Hall–Kier alpha value is -2.72. The fourth-order valence-corrected chi connectivity index (χ4v) is 3.01. The number of carbonyl (C=O) groups excluding carboxylic acids is 1. The summed E-state index contributed by atoms with van der Waals surface area (Å²) in [6, 6.07) is 8.04. The molecular weight excluding hydrogens is 332 g/mol. The molecule has 7 nitrogen and oxygen atoms in total. The van der Waals surface area contributed by atoms with Gasteiger partial charge in [-0.3, -0.25) is 9.69 Å². The molecule has 0 saturated carbocycles. The molecule has 2 aliphatic heterocycles. The second kappa shape index (κ2) is 8.11. The van der Waals surface area contributed by atoms with Gasteiger partial charge in [0.1, 0.15) is 11.6 Å². The van der Waals surface area contributed by atoms with Crippen LogP contribution in [-0.4, -0.2) is 54.7 Å². The van der Waals surface area contributed by atoms with Crippen molar-refractivity contribution in [2.75, 3.05) is 33.0 Å². The zero-order chi connectivity index (χ0) is 18.5. The predicted molar refractivity (Wildman–Crippen MR) is 96.4 cm³/mol. The molecule has 2 heterocycles. The first-order valence-corrected chi connectivity index (χ1v) is 8.83. The summed E-state index contributed by atoms with van der Waals surface area (Å²) in [6.45, 7) is 8.19. The van der Waals surface area contributed by atoms with Crippen LogP contribution < -0.4 is 14.8 Å². The van der Waals surface area contributed by atoms with E-state index in [0.717, 1.165) is 44.2 Å². The van der Waals surface area contributed by atoms with Gasteiger partial charge in [0.25, 0.3) is 5.91 Å². The van der Waals surface area contributed by atoms with E-state index in [1.165, 1.54) is 5.56 Å². The molecule has 138 valence electrons. The van der Waals surface area contributed by atoms with Gasteiger partial charge in [-0.2, -0.15) is 5.26 Å². The Balaban J connectivity index is 1.53. The highest BCUT2D eigenvalue weighted by molar-refractivity contribution is 5.97. The Bertz CT molecular complexity index is 731. The molecule has 26 heavy (non-hydrogen) atoms. The summed E-state index contributed by atoms with van der Waals surface area (Å²) in [7, 11) is 0. The van der Waals surface area contributed by atoms with Gasteiger partial charge in [-0.1, -0.05) is 6.07 Å². The molecule has 0 unspecified atom stereocenters. The van der Waals surface area contributed by atoms with Crippen LogP contribution >= 0.6 is 0 Å². The van der Waals surface area contributed by atoms with Crippen molar-refractivity contribution < 1.29 is 14.3 Å². The molecule has 7 heteroatoms. The minimum atomic E-state index is -0.315. The van der Waals surface area contributed by atoms with E-state index in [0.29, 0.717) is 0 Å². The van der Waals surface area contributed by atoms with Crippen LogP contribution in [-0.2, 0) is 11.3 Å². The molecule has 1 fully saturated rings. The number of hydrogen-bond donors (Lipinski definition) is 1. The maximum absolute atomic E-state index is 12.0. The van der Waals surface area contributed by atoms with Gasteiger partial charge in [0, 0.05) is 45.0 Å². The number of carbonyl (C=O) groups is 1. The summed E-state index contributed by atoms with van der Waals surface area (Å²) < 4.78 is 10.8. The number of rotatable bonds is 5. The highest BCUT2D eigenvalue weighted by Gasteiger charge is 2.19. The topological polar surface area (TPSA) is 77.8 Å². The van der Waals surface area contributed by atoms with Crippen LogP contribution in [0.1, 0.15) is 19.4 Å². The number of nitrogens with one attached hydrogen (secondary N) is 1. The van der Waals surface area contributed by atoms with Crippen molar-refractivity contribution in [1.82, 2.24) is 15.1 Å². The van der Waals surface area contributed by atoms with Crippen molar-refractivity contribution in [2.24, 2.45) is 0 Å². The van der Waals surface area contributed by atoms with Crippen LogP contribution in [0.25, 0.3) is 0 Å². The predicted octanol–water partition coefficient (Wildman–Crippen LogP) is 1.46. The number of nitrogens with zero attached hydrogens (tertiary/aromatic N) is 3.